The van der Waals surface area contributed by atoms with Gasteiger partial charge in [-0.15, -0.1) is 0 Å². The molecular weight excluding hydrogens is 771 g/mol. The van der Waals surface area contributed by atoms with Gasteiger partial charge in [0.15, 0.2) is 0 Å². The van der Waals surface area contributed by atoms with Gasteiger partial charge in [-0.3, -0.25) is 0 Å². The van der Waals surface area contributed by atoms with E-state index in [4.69, 9.17) is 0 Å². The first-order chi connectivity index (χ1) is 22.8. The number of hydrogen-bond acceptors (Lipinski definition) is 0. The molecule has 2 heteroatoms. The predicted molar refractivity (Wildman–Crippen MR) is 217 cm³/mol. The second-order valence-corrected chi connectivity index (χ2v) is 97.6. The van der Waals surface area contributed by atoms with Crippen LogP contribution in [0.1, 0.15) is 82.3 Å². The Morgan fingerprint density at radius 2 is 0.857 bits per heavy atom. The Balaban J connectivity index is 1.43. The van der Waals surface area contributed by atoms with Crippen molar-refractivity contribution in [3.63, 3.8) is 0 Å². The fraction of sp³-hybridized carbons (Fsp3) is 0.277. The molecule has 2 unspecified atom stereocenters. The van der Waals surface area contributed by atoms with Crippen molar-refractivity contribution >= 4 is 22.4 Å². The molecule has 5 aromatic carbocycles. The summed E-state index contributed by atoms with van der Waals surface area (Å²) in [6, 6.07) is 44.3. The summed E-state index contributed by atoms with van der Waals surface area (Å²) >= 11 is -5.38. The molecule has 2 atom stereocenters. The van der Waals surface area contributed by atoms with Crippen molar-refractivity contribution in [1.82, 2.24) is 0 Å². The van der Waals surface area contributed by atoms with Gasteiger partial charge >= 0.3 is 293 Å². The summed E-state index contributed by atoms with van der Waals surface area (Å²) in [5, 5.41) is 0. The van der Waals surface area contributed by atoms with Crippen LogP contribution in [0.15, 0.2) is 127 Å². The van der Waals surface area contributed by atoms with Gasteiger partial charge in [-0.25, -0.2) is 0 Å². The summed E-state index contributed by atoms with van der Waals surface area (Å²) in [5.41, 5.74) is 14.0. The second-order valence-electron chi connectivity index (χ2n) is 20.4. The summed E-state index contributed by atoms with van der Waals surface area (Å²) in [7, 11) is 0. The Morgan fingerprint density at radius 1 is 0.469 bits per heavy atom. The Hall–Kier alpha value is -3.33. The van der Waals surface area contributed by atoms with E-state index in [1.807, 2.05) is 0 Å². The first kappa shape index (κ1) is 34.1. The minimum atomic E-state index is -5.38. The van der Waals surface area contributed by atoms with Gasteiger partial charge in [-0.1, -0.05) is 0 Å². The van der Waals surface area contributed by atoms with Gasteiger partial charge in [0.05, 0.1) is 0 Å². The summed E-state index contributed by atoms with van der Waals surface area (Å²) in [4.78, 5) is 0. The molecule has 0 aromatic heterocycles. The van der Waals surface area contributed by atoms with Crippen LogP contribution in [-0.2, 0) is 25.0 Å². The van der Waals surface area contributed by atoms with Crippen LogP contribution in [0.4, 0.5) is 0 Å². The number of allylic oxidation sites excluding steroid dienone is 2. The van der Waals surface area contributed by atoms with E-state index in [0.29, 0.717) is 0 Å². The zero-order valence-electron chi connectivity index (χ0n) is 31.1. The fourth-order valence-corrected chi connectivity index (χ4v) is 47.7. The van der Waals surface area contributed by atoms with E-state index in [-0.39, 0.29) is 18.2 Å². The summed E-state index contributed by atoms with van der Waals surface area (Å²) in [5.74, 6) is 0. The molecule has 250 valence electrons. The maximum absolute atomic E-state index is 5.38. The molecule has 5 aromatic rings. The van der Waals surface area contributed by atoms with Crippen molar-refractivity contribution < 1.29 is 14.2 Å². The molecule has 0 saturated carbocycles. The maximum atomic E-state index is 2.77. The van der Waals surface area contributed by atoms with Crippen molar-refractivity contribution in [2.45, 2.75) is 73.8 Å². The van der Waals surface area contributed by atoms with E-state index in [1.165, 1.54) is 59.0 Å². The molecule has 0 heterocycles. The van der Waals surface area contributed by atoms with Crippen LogP contribution in [0.5, 0.6) is 0 Å². The van der Waals surface area contributed by atoms with E-state index in [2.05, 4.69) is 202 Å². The van der Waals surface area contributed by atoms with Crippen LogP contribution >= 0.6 is 0 Å². The Kier molecular flexibility index (Phi) is 7.06. The van der Waals surface area contributed by atoms with E-state index < -0.39 is 14.2 Å². The number of hydrogen-bond donors (Lipinski definition) is 0. The molecule has 0 nitrogen and oxygen atoms in total. The SMILES string of the molecule is CC(C)(C)c1ccc(-c2cccc3c2C=C[CH]3[Hf]([CH3])([CH3])([CH3])(=[SiH2])([c]2ccccc2)[CH]2C=Cc3c(-c4ccc(C(C)(C)C)cc4)cccc32)cc1. The van der Waals surface area contributed by atoms with Crippen LogP contribution < -0.4 is 3.32 Å². The van der Waals surface area contributed by atoms with Gasteiger partial charge in [0.1, 0.15) is 0 Å². The van der Waals surface area contributed by atoms with Crippen LogP contribution in [0.25, 0.3) is 34.4 Å². The van der Waals surface area contributed by atoms with Gasteiger partial charge in [-0.05, 0) is 0 Å². The number of fused-ring (bicyclic) bond motifs is 2. The molecule has 49 heavy (non-hydrogen) atoms. The van der Waals surface area contributed by atoms with Crippen LogP contribution in [0.3, 0.4) is 0 Å². The molecule has 0 N–H and O–H groups in total. The third kappa shape index (κ3) is 5.07. The average molecular weight is 826 g/mol. The normalized spacial score (nSPS) is 19.4. The monoisotopic (exact) mass is 826 g/mol. The zero-order chi connectivity index (χ0) is 35.1. The van der Waals surface area contributed by atoms with E-state index >= 15 is 0 Å². The molecule has 0 amide bonds. The number of rotatable bonds is 5. The van der Waals surface area contributed by atoms with Crippen molar-refractivity contribution in [2.24, 2.45) is 0 Å². The van der Waals surface area contributed by atoms with Gasteiger partial charge in [0.25, 0.3) is 0 Å². The van der Waals surface area contributed by atoms with E-state index in [1.54, 1.807) is 0 Å². The van der Waals surface area contributed by atoms with Gasteiger partial charge in [0, 0.05) is 0 Å². The standard InChI is InChI=1S/2C19H19.C6H5.3CH3.Hf.H2Si/c2*1-19(2,3)16-12-10-15(11-13-16)18-9-5-7-14-6-4-8-17(14)18;1-2-4-6-5-3-1;;;;;/h2*4-13H,1-3H3;1-5H;3*1H3;;1H2. The van der Waals surface area contributed by atoms with Crippen molar-refractivity contribution in [1.29, 1.82) is 0 Å². The zero-order valence-corrected chi connectivity index (χ0v) is 36.1. The molecule has 0 radical (unpaired) electrons. The van der Waals surface area contributed by atoms with Crippen LogP contribution in [0, 0.1) is 0 Å². The first-order valence-electron chi connectivity index (χ1n) is 18.2. The Labute approximate surface area is 291 Å². The third-order valence-electron chi connectivity index (χ3n) is 13.1. The third-order valence-corrected chi connectivity index (χ3v) is 60.0. The second kappa shape index (κ2) is 10.1. The topological polar surface area (TPSA) is 0 Å². The van der Waals surface area contributed by atoms with Crippen molar-refractivity contribution in [3.05, 3.63) is 161 Å². The Morgan fingerprint density at radius 3 is 1.22 bits per heavy atom. The van der Waals surface area contributed by atoms with Gasteiger partial charge in [0.2, 0.25) is 0 Å². The molecule has 0 spiro atoms. The van der Waals surface area contributed by atoms with Crippen molar-refractivity contribution in [2.75, 3.05) is 0 Å². The number of benzene rings is 5. The molecule has 0 saturated heterocycles. The van der Waals surface area contributed by atoms with E-state index in [0.717, 1.165) is 0 Å². The van der Waals surface area contributed by atoms with Crippen LogP contribution in [-0.4, -0.2) is 6.94 Å². The molecule has 0 fully saturated rings. The van der Waals surface area contributed by atoms with Gasteiger partial charge < -0.3 is 0 Å². The quantitative estimate of drug-likeness (QED) is 0.155. The van der Waals surface area contributed by atoms with Crippen LogP contribution in [0.2, 0.25) is 14.0 Å². The molecule has 7 rings (SSSR count). The minimum absolute atomic E-state index is 0.132. The molecule has 2 aliphatic carbocycles. The molecular formula is C47H54HfSi. The summed E-state index contributed by atoms with van der Waals surface area (Å²) in [6.45, 7) is 16.1. The fourth-order valence-electron chi connectivity index (χ4n) is 9.69. The van der Waals surface area contributed by atoms with E-state index in [9.17, 15) is 0 Å². The van der Waals surface area contributed by atoms with Gasteiger partial charge in [-0.2, -0.15) is 0 Å². The Bertz CT molecular complexity index is 2160. The molecule has 2 aliphatic rings. The summed E-state index contributed by atoms with van der Waals surface area (Å²) in [6.07, 6.45) is 10.1. The van der Waals surface area contributed by atoms with Crippen molar-refractivity contribution in [3.8, 4) is 22.3 Å². The summed E-state index contributed by atoms with van der Waals surface area (Å²) < 4.78 is 10.4. The molecule has 0 bridgehead atoms. The molecule has 0 aliphatic heterocycles. The first-order valence-corrected chi connectivity index (χ1v) is 43.3. The average Bonchev–Trinajstić information content (AvgIpc) is 3.72. The predicted octanol–water partition coefficient (Wildman–Crippen LogP) is 12.2.